The Kier molecular flexibility index (Phi) is 7.09. The van der Waals surface area contributed by atoms with Gasteiger partial charge in [0.2, 0.25) is 5.91 Å². The van der Waals surface area contributed by atoms with Gasteiger partial charge >= 0.3 is 0 Å². The minimum Gasteiger partial charge on any atom is -0.492 e. The molecule has 0 radical (unpaired) electrons. The molecular weight excluding hydrogens is 252 g/mol. The molecule has 0 aliphatic heterocycles. The third-order valence-corrected chi connectivity index (χ3v) is 3.36. The van der Waals surface area contributed by atoms with Crippen molar-refractivity contribution in [3.63, 3.8) is 0 Å². The number of amides is 1. The summed E-state index contributed by atoms with van der Waals surface area (Å²) in [5.41, 5.74) is 6.67. The van der Waals surface area contributed by atoms with Gasteiger partial charge in [-0.2, -0.15) is 0 Å². The Morgan fingerprint density at radius 3 is 2.60 bits per heavy atom. The van der Waals surface area contributed by atoms with Crippen molar-refractivity contribution in [2.75, 3.05) is 26.7 Å². The highest BCUT2D eigenvalue weighted by Crippen LogP contribution is 2.12. The molecule has 1 aromatic rings. The first kappa shape index (κ1) is 16.5. The molecule has 20 heavy (non-hydrogen) atoms. The zero-order chi connectivity index (χ0) is 15.0. The van der Waals surface area contributed by atoms with Crippen LogP contribution in [-0.2, 0) is 4.79 Å². The second-order valence-electron chi connectivity index (χ2n) is 5.25. The van der Waals surface area contributed by atoms with Crippen LogP contribution in [0.15, 0.2) is 24.3 Å². The highest BCUT2D eigenvalue weighted by Gasteiger charge is 2.16. The lowest BCUT2D eigenvalue weighted by molar-refractivity contribution is -0.134. The van der Waals surface area contributed by atoms with Crippen molar-refractivity contribution in [1.29, 1.82) is 0 Å². The molecule has 0 fully saturated rings. The molecule has 112 valence electrons. The van der Waals surface area contributed by atoms with E-state index in [0.29, 0.717) is 19.7 Å². The predicted octanol–water partition coefficient (Wildman–Crippen LogP) is 2.21. The first-order valence-corrected chi connectivity index (χ1v) is 7.19. The van der Waals surface area contributed by atoms with Crippen molar-refractivity contribution >= 4 is 5.91 Å². The third kappa shape index (κ3) is 5.61. The van der Waals surface area contributed by atoms with Gasteiger partial charge in [-0.25, -0.2) is 0 Å². The molecule has 0 aromatic heterocycles. The van der Waals surface area contributed by atoms with Crippen molar-refractivity contribution < 1.29 is 9.53 Å². The number of likely N-dealkylation sites (N-methyl/N-ethyl adjacent to an activating group) is 1. The van der Waals surface area contributed by atoms with E-state index in [9.17, 15) is 4.79 Å². The van der Waals surface area contributed by atoms with Gasteiger partial charge in [0.25, 0.3) is 0 Å². The minimum absolute atomic E-state index is 0.0305. The summed E-state index contributed by atoms with van der Waals surface area (Å²) in [6.07, 6.45) is 1.74. The number of aryl methyl sites for hydroxylation is 1. The molecule has 4 heteroatoms. The van der Waals surface area contributed by atoms with Gasteiger partial charge < -0.3 is 15.4 Å². The maximum Gasteiger partial charge on any atom is 0.225 e. The monoisotopic (exact) mass is 278 g/mol. The normalized spacial score (nSPS) is 12.0. The summed E-state index contributed by atoms with van der Waals surface area (Å²) in [4.78, 5) is 13.8. The highest BCUT2D eigenvalue weighted by molar-refractivity contribution is 5.78. The van der Waals surface area contributed by atoms with E-state index in [1.165, 1.54) is 5.56 Å². The Morgan fingerprint density at radius 2 is 2.00 bits per heavy atom. The van der Waals surface area contributed by atoms with Gasteiger partial charge in [-0.15, -0.1) is 0 Å². The van der Waals surface area contributed by atoms with Crippen LogP contribution < -0.4 is 10.5 Å². The van der Waals surface area contributed by atoms with E-state index < -0.39 is 0 Å². The first-order chi connectivity index (χ1) is 9.54. The molecule has 0 saturated carbocycles. The molecule has 1 amide bonds. The van der Waals surface area contributed by atoms with Crippen LogP contribution in [0, 0.1) is 12.8 Å². The maximum atomic E-state index is 12.1. The smallest absolute Gasteiger partial charge is 0.225 e. The Morgan fingerprint density at radius 1 is 1.35 bits per heavy atom. The van der Waals surface area contributed by atoms with E-state index in [1.807, 2.05) is 45.2 Å². The van der Waals surface area contributed by atoms with E-state index in [1.54, 1.807) is 4.90 Å². The quantitative estimate of drug-likeness (QED) is 0.793. The summed E-state index contributed by atoms with van der Waals surface area (Å²) in [5.74, 6) is 1.03. The molecule has 1 atom stereocenters. The molecular formula is C16H26N2O2. The highest BCUT2D eigenvalue weighted by atomic mass is 16.5. The summed E-state index contributed by atoms with van der Waals surface area (Å²) >= 11 is 0. The number of carbonyl (C=O) groups is 1. The number of ether oxygens (including phenoxy) is 1. The van der Waals surface area contributed by atoms with Gasteiger partial charge in [-0.05, 0) is 38.4 Å². The van der Waals surface area contributed by atoms with Crippen LogP contribution in [0.1, 0.15) is 25.3 Å². The molecule has 0 bridgehead atoms. The van der Waals surface area contributed by atoms with Gasteiger partial charge in [0.1, 0.15) is 12.4 Å². The predicted molar refractivity (Wildman–Crippen MR) is 81.8 cm³/mol. The van der Waals surface area contributed by atoms with Crippen LogP contribution in [0.3, 0.4) is 0 Å². The van der Waals surface area contributed by atoms with Gasteiger partial charge in [-0.3, -0.25) is 4.79 Å². The Bertz CT molecular complexity index is 403. The Labute approximate surface area is 121 Å². The molecule has 0 spiro atoms. The molecule has 0 heterocycles. The number of hydrogen-bond acceptors (Lipinski definition) is 3. The van der Waals surface area contributed by atoms with Crippen molar-refractivity contribution in [1.82, 2.24) is 4.90 Å². The number of hydrogen-bond donors (Lipinski definition) is 1. The van der Waals surface area contributed by atoms with Gasteiger partial charge in [-0.1, -0.05) is 24.6 Å². The molecule has 1 unspecified atom stereocenters. The topological polar surface area (TPSA) is 55.6 Å². The molecule has 2 N–H and O–H groups in total. The average molecular weight is 278 g/mol. The van der Waals surface area contributed by atoms with Crippen molar-refractivity contribution in [2.45, 2.75) is 26.7 Å². The lowest BCUT2D eigenvalue weighted by Crippen LogP contribution is -2.35. The molecule has 1 rings (SSSR count). The van der Waals surface area contributed by atoms with E-state index in [0.717, 1.165) is 18.6 Å². The van der Waals surface area contributed by atoms with Crippen molar-refractivity contribution in [3.05, 3.63) is 29.8 Å². The second-order valence-corrected chi connectivity index (χ2v) is 5.25. The molecule has 1 aromatic carbocycles. The van der Waals surface area contributed by atoms with Gasteiger partial charge in [0.15, 0.2) is 0 Å². The van der Waals surface area contributed by atoms with Gasteiger partial charge in [0.05, 0.1) is 6.54 Å². The molecule has 0 saturated heterocycles. The lowest BCUT2D eigenvalue weighted by Gasteiger charge is -2.21. The fourth-order valence-electron chi connectivity index (χ4n) is 1.97. The van der Waals surface area contributed by atoms with Crippen LogP contribution >= 0.6 is 0 Å². The Hall–Kier alpha value is -1.55. The largest absolute Gasteiger partial charge is 0.492 e. The van der Waals surface area contributed by atoms with Crippen molar-refractivity contribution in [3.8, 4) is 5.75 Å². The zero-order valence-corrected chi connectivity index (χ0v) is 12.8. The summed E-state index contributed by atoms with van der Waals surface area (Å²) < 4.78 is 5.63. The fraction of sp³-hybridized carbons (Fsp3) is 0.562. The molecule has 0 aliphatic rings. The summed E-state index contributed by atoms with van der Waals surface area (Å²) in [5, 5.41) is 0. The Balaban J connectivity index is 2.30. The SMILES string of the molecule is Cc1ccc(OCCN(C)C(=O)C(C)CCCN)cc1. The zero-order valence-electron chi connectivity index (χ0n) is 12.8. The average Bonchev–Trinajstić information content (AvgIpc) is 2.45. The first-order valence-electron chi connectivity index (χ1n) is 7.19. The van der Waals surface area contributed by atoms with E-state index >= 15 is 0 Å². The number of nitrogens with two attached hydrogens (primary N) is 1. The third-order valence-electron chi connectivity index (χ3n) is 3.36. The summed E-state index contributed by atoms with van der Waals surface area (Å²) in [7, 11) is 1.82. The van der Waals surface area contributed by atoms with Crippen LogP contribution in [0.25, 0.3) is 0 Å². The minimum atomic E-state index is 0.0305. The van der Waals surface area contributed by atoms with Crippen LogP contribution in [0.2, 0.25) is 0 Å². The summed E-state index contributed by atoms with van der Waals surface area (Å²) in [6.45, 7) is 5.74. The second kappa shape index (κ2) is 8.59. The number of nitrogens with zero attached hydrogens (tertiary/aromatic N) is 1. The van der Waals surface area contributed by atoms with Crippen LogP contribution in [-0.4, -0.2) is 37.6 Å². The fourth-order valence-corrected chi connectivity index (χ4v) is 1.97. The van der Waals surface area contributed by atoms with Crippen LogP contribution in [0.4, 0.5) is 0 Å². The van der Waals surface area contributed by atoms with Gasteiger partial charge in [0, 0.05) is 13.0 Å². The van der Waals surface area contributed by atoms with E-state index in [-0.39, 0.29) is 11.8 Å². The van der Waals surface area contributed by atoms with E-state index in [2.05, 4.69) is 0 Å². The lowest BCUT2D eigenvalue weighted by atomic mass is 10.0. The number of benzene rings is 1. The summed E-state index contributed by atoms with van der Waals surface area (Å²) in [6, 6.07) is 7.92. The number of carbonyl (C=O) groups excluding carboxylic acids is 1. The van der Waals surface area contributed by atoms with Crippen LogP contribution in [0.5, 0.6) is 5.75 Å². The van der Waals surface area contributed by atoms with Crippen molar-refractivity contribution in [2.24, 2.45) is 11.7 Å². The number of rotatable bonds is 8. The van der Waals surface area contributed by atoms with E-state index in [4.69, 9.17) is 10.5 Å². The molecule has 4 nitrogen and oxygen atoms in total. The molecule has 0 aliphatic carbocycles. The standard InChI is InChI=1S/C16H26N2O2/c1-13-6-8-15(9-7-13)20-12-11-18(3)16(19)14(2)5-4-10-17/h6-9,14H,4-5,10-12,17H2,1-3H3. The maximum absolute atomic E-state index is 12.1.